The maximum absolute atomic E-state index is 12.3. The number of para-hydroxylation sites is 1. The molecule has 1 aromatic carbocycles. The van der Waals surface area contributed by atoms with Crippen LogP contribution in [0.2, 0.25) is 0 Å². The largest absolute Gasteiger partial charge is 0.355 e. The van der Waals surface area contributed by atoms with Crippen LogP contribution in [0.15, 0.2) is 18.2 Å². The van der Waals surface area contributed by atoms with Crippen LogP contribution in [0.5, 0.6) is 0 Å². The van der Waals surface area contributed by atoms with E-state index in [9.17, 15) is 13.2 Å². The summed E-state index contributed by atoms with van der Waals surface area (Å²) in [4.78, 5) is 14.0. The first kappa shape index (κ1) is 20.4. The summed E-state index contributed by atoms with van der Waals surface area (Å²) in [6.07, 6.45) is 2.05. The van der Waals surface area contributed by atoms with Crippen LogP contribution in [-0.4, -0.2) is 59.2 Å². The number of hydrogen-bond acceptors (Lipinski definition) is 4. The van der Waals surface area contributed by atoms with E-state index < -0.39 is 10.0 Å². The zero-order valence-electron chi connectivity index (χ0n) is 15.3. The molecule has 0 unspecified atom stereocenters. The minimum absolute atomic E-state index is 0.137. The predicted octanol–water partition coefficient (Wildman–Crippen LogP) is 1.39. The van der Waals surface area contributed by atoms with Gasteiger partial charge in [0.15, 0.2) is 0 Å². The molecule has 0 fully saturated rings. The van der Waals surface area contributed by atoms with Gasteiger partial charge in [0.2, 0.25) is 15.9 Å². The van der Waals surface area contributed by atoms with Crippen molar-refractivity contribution >= 4 is 21.6 Å². The van der Waals surface area contributed by atoms with E-state index in [-0.39, 0.29) is 18.9 Å². The number of amides is 1. The number of anilines is 1. The number of carbonyl (C=O) groups is 1. The van der Waals surface area contributed by atoms with Gasteiger partial charge in [-0.1, -0.05) is 25.1 Å². The van der Waals surface area contributed by atoms with E-state index in [4.69, 9.17) is 0 Å². The van der Waals surface area contributed by atoms with Gasteiger partial charge in [-0.3, -0.25) is 9.10 Å². The molecule has 0 saturated carbocycles. The molecule has 1 N–H and O–H groups in total. The Morgan fingerprint density at radius 1 is 1.21 bits per heavy atom. The van der Waals surface area contributed by atoms with Crippen LogP contribution in [0, 0.1) is 6.92 Å². The first-order valence-corrected chi connectivity index (χ1v) is 9.99. The van der Waals surface area contributed by atoms with Gasteiger partial charge in [0, 0.05) is 26.1 Å². The summed E-state index contributed by atoms with van der Waals surface area (Å²) in [5, 5.41) is 2.81. The Morgan fingerprint density at radius 3 is 2.42 bits per heavy atom. The van der Waals surface area contributed by atoms with Crippen molar-refractivity contribution in [3.8, 4) is 0 Å². The lowest BCUT2D eigenvalue weighted by atomic mass is 10.1. The first-order valence-electron chi connectivity index (χ1n) is 8.14. The van der Waals surface area contributed by atoms with Crippen molar-refractivity contribution in [3.05, 3.63) is 29.3 Å². The first-order chi connectivity index (χ1) is 11.2. The highest BCUT2D eigenvalue weighted by Crippen LogP contribution is 2.28. The minimum Gasteiger partial charge on any atom is -0.355 e. The fraction of sp³-hybridized carbons (Fsp3) is 0.588. The van der Waals surface area contributed by atoms with E-state index >= 15 is 0 Å². The van der Waals surface area contributed by atoms with Crippen LogP contribution in [0.25, 0.3) is 0 Å². The molecule has 1 amide bonds. The number of rotatable bonds is 9. The highest BCUT2D eigenvalue weighted by Gasteiger charge is 2.22. The highest BCUT2D eigenvalue weighted by atomic mass is 32.2. The molecule has 0 aliphatic heterocycles. The fourth-order valence-electron chi connectivity index (χ4n) is 2.52. The Kier molecular flexibility index (Phi) is 7.69. The molecule has 24 heavy (non-hydrogen) atoms. The van der Waals surface area contributed by atoms with Gasteiger partial charge in [0.25, 0.3) is 0 Å². The van der Waals surface area contributed by atoms with Crippen LogP contribution >= 0.6 is 0 Å². The van der Waals surface area contributed by atoms with Crippen molar-refractivity contribution in [1.29, 1.82) is 0 Å². The third-order valence-corrected chi connectivity index (χ3v) is 4.94. The molecule has 7 heteroatoms. The van der Waals surface area contributed by atoms with Gasteiger partial charge in [-0.15, -0.1) is 0 Å². The molecule has 0 bridgehead atoms. The fourth-order valence-corrected chi connectivity index (χ4v) is 3.53. The maximum atomic E-state index is 12.3. The van der Waals surface area contributed by atoms with Gasteiger partial charge >= 0.3 is 0 Å². The van der Waals surface area contributed by atoms with Gasteiger partial charge in [-0.25, -0.2) is 8.42 Å². The number of nitrogens with one attached hydrogen (secondary N) is 1. The molecule has 0 radical (unpaired) electrons. The Bertz CT molecular complexity index is 657. The highest BCUT2D eigenvalue weighted by molar-refractivity contribution is 7.92. The van der Waals surface area contributed by atoms with Crippen molar-refractivity contribution in [3.63, 3.8) is 0 Å². The molecular formula is C17H29N3O3S. The number of nitrogens with zero attached hydrogens (tertiary/aromatic N) is 2. The number of likely N-dealkylation sites (N-methyl/N-ethyl adjacent to an activating group) is 1. The van der Waals surface area contributed by atoms with Crippen molar-refractivity contribution in [2.45, 2.75) is 26.7 Å². The number of sulfonamides is 1. The van der Waals surface area contributed by atoms with Crippen LogP contribution in [0.3, 0.4) is 0 Å². The van der Waals surface area contributed by atoms with E-state index in [0.29, 0.717) is 12.2 Å². The third kappa shape index (κ3) is 6.13. The van der Waals surface area contributed by atoms with Crippen LogP contribution in [0.1, 0.15) is 24.5 Å². The molecule has 0 aliphatic carbocycles. The molecule has 0 spiro atoms. The van der Waals surface area contributed by atoms with E-state index in [1.807, 2.05) is 51.0 Å². The van der Waals surface area contributed by atoms with Gasteiger partial charge in [0.05, 0.1) is 11.9 Å². The summed E-state index contributed by atoms with van der Waals surface area (Å²) in [6.45, 7) is 5.33. The van der Waals surface area contributed by atoms with Gasteiger partial charge in [0.1, 0.15) is 0 Å². The number of hydrogen-bond donors (Lipinski definition) is 1. The lowest BCUT2D eigenvalue weighted by Crippen LogP contribution is -2.37. The normalized spacial score (nSPS) is 11.6. The van der Waals surface area contributed by atoms with Crippen LogP contribution in [-0.2, 0) is 21.2 Å². The zero-order valence-corrected chi connectivity index (χ0v) is 16.1. The average molecular weight is 356 g/mol. The summed E-state index contributed by atoms with van der Waals surface area (Å²) in [6, 6.07) is 5.74. The zero-order chi connectivity index (χ0) is 18.3. The van der Waals surface area contributed by atoms with E-state index in [1.165, 1.54) is 10.6 Å². The van der Waals surface area contributed by atoms with Crippen LogP contribution < -0.4 is 9.62 Å². The monoisotopic (exact) mass is 355 g/mol. The minimum atomic E-state index is -3.46. The molecular weight excluding hydrogens is 326 g/mol. The number of carbonyl (C=O) groups excluding carboxylic acids is 1. The maximum Gasteiger partial charge on any atom is 0.232 e. The summed E-state index contributed by atoms with van der Waals surface area (Å²) >= 11 is 0. The predicted molar refractivity (Wildman–Crippen MR) is 98.9 cm³/mol. The number of benzene rings is 1. The average Bonchev–Trinajstić information content (AvgIpc) is 2.47. The Morgan fingerprint density at radius 2 is 1.88 bits per heavy atom. The molecule has 136 valence electrons. The lowest BCUT2D eigenvalue weighted by molar-refractivity contribution is -0.120. The van der Waals surface area contributed by atoms with Gasteiger partial charge < -0.3 is 10.2 Å². The Hall–Kier alpha value is -1.60. The standard InChI is InChI=1S/C17H29N3O3S/c1-6-15-9-7-8-14(2)17(15)20(24(5,22)23)12-10-16(21)18-11-13-19(3)4/h7-9H,6,10-13H2,1-5H3,(H,18,21). The molecule has 0 atom stereocenters. The second kappa shape index (κ2) is 9.03. The molecule has 0 saturated heterocycles. The smallest absolute Gasteiger partial charge is 0.232 e. The molecule has 6 nitrogen and oxygen atoms in total. The van der Waals surface area contributed by atoms with Crippen molar-refractivity contribution in [1.82, 2.24) is 10.2 Å². The summed E-state index contributed by atoms with van der Waals surface area (Å²) in [7, 11) is 0.408. The second-order valence-corrected chi connectivity index (χ2v) is 8.08. The Balaban J connectivity index is 2.88. The van der Waals surface area contributed by atoms with Gasteiger partial charge in [-0.2, -0.15) is 0 Å². The van der Waals surface area contributed by atoms with E-state index in [1.54, 1.807) is 0 Å². The van der Waals surface area contributed by atoms with Crippen LogP contribution in [0.4, 0.5) is 5.69 Å². The van der Waals surface area contributed by atoms with E-state index in [0.717, 1.165) is 24.1 Å². The Labute approximate surface area is 145 Å². The van der Waals surface area contributed by atoms with E-state index in [2.05, 4.69) is 5.32 Å². The number of aryl methyl sites for hydroxylation is 2. The summed E-state index contributed by atoms with van der Waals surface area (Å²) in [5.74, 6) is -0.142. The molecule has 1 rings (SSSR count). The second-order valence-electron chi connectivity index (χ2n) is 6.17. The molecule has 0 heterocycles. The van der Waals surface area contributed by atoms with Crippen molar-refractivity contribution in [2.24, 2.45) is 0 Å². The quantitative estimate of drug-likeness (QED) is 0.727. The molecule has 1 aromatic rings. The molecule has 0 aliphatic rings. The van der Waals surface area contributed by atoms with Gasteiger partial charge in [-0.05, 0) is 38.6 Å². The lowest BCUT2D eigenvalue weighted by Gasteiger charge is -2.26. The summed E-state index contributed by atoms with van der Waals surface area (Å²) < 4.78 is 25.9. The third-order valence-electron chi connectivity index (χ3n) is 3.78. The summed E-state index contributed by atoms with van der Waals surface area (Å²) in [5.41, 5.74) is 2.56. The SMILES string of the molecule is CCc1cccc(C)c1N(CCC(=O)NCCN(C)C)S(C)(=O)=O. The topological polar surface area (TPSA) is 69.7 Å². The van der Waals surface area contributed by atoms with Crippen molar-refractivity contribution in [2.75, 3.05) is 44.3 Å². The molecule has 0 aromatic heterocycles. The van der Waals surface area contributed by atoms with Crippen molar-refractivity contribution < 1.29 is 13.2 Å².